The lowest BCUT2D eigenvalue weighted by Crippen LogP contribution is -2.23. The zero-order chi connectivity index (χ0) is 8.69. The van der Waals surface area contributed by atoms with Gasteiger partial charge in [0.2, 0.25) is 5.91 Å². The Labute approximate surface area is 68.3 Å². The van der Waals surface area contributed by atoms with Crippen LogP contribution in [0.15, 0.2) is 0 Å². The molecule has 3 N–H and O–H groups in total. The minimum Gasteiger partial charge on any atom is -0.369 e. The van der Waals surface area contributed by atoms with Gasteiger partial charge in [-0.2, -0.15) is 0 Å². The highest BCUT2D eigenvalue weighted by atomic mass is 16.1. The number of primary amides is 1. The molecule has 0 aliphatic heterocycles. The summed E-state index contributed by atoms with van der Waals surface area (Å²) in [6, 6.07) is 0. The molecule has 0 bridgehead atoms. The number of nitrogens with two attached hydrogens (primary N) is 1. The van der Waals surface area contributed by atoms with Crippen LogP contribution >= 0.6 is 0 Å². The van der Waals surface area contributed by atoms with E-state index in [1.54, 1.807) is 0 Å². The maximum Gasteiger partial charge on any atom is 0.220 e. The van der Waals surface area contributed by atoms with Crippen LogP contribution < -0.4 is 11.1 Å². The summed E-state index contributed by atoms with van der Waals surface area (Å²) in [5.41, 5.74) is 5.17. The number of nitrogens with one attached hydrogen (secondary N) is 1. The summed E-state index contributed by atoms with van der Waals surface area (Å²) in [5.74, 6) is -0.0908. The first-order valence-corrected chi connectivity index (χ1v) is 4.16. The Morgan fingerprint density at radius 2 is 2.27 bits per heavy atom. The predicted octanol–water partition coefficient (Wildman–Crippen LogP) is 0.497. The Hall–Kier alpha value is -0.570. The van der Waals surface area contributed by atoms with Gasteiger partial charge in [-0.05, 0) is 32.9 Å². The fourth-order valence-electron chi connectivity index (χ4n) is 1.07. The fourth-order valence-corrected chi connectivity index (χ4v) is 1.07. The molecule has 0 spiro atoms. The van der Waals surface area contributed by atoms with Crippen LogP contribution in [0.4, 0.5) is 0 Å². The van der Waals surface area contributed by atoms with Crippen molar-refractivity contribution >= 4 is 5.91 Å². The highest BCUT2D eigenvalue weighted by Gasteiger charge is 2.10. The molecule has 3 nitrogen and oxygen atoms in total. The van der Waals surface area contributed by atoms with Gasteiger partial charge in [0.1, 0.15) is 0 Å². The third-order valence-electron chi connectivity index (χ3n) is 1.87. The largest absolute Gasteiger partial charge is 0.369 e. The van der Waals surface area contributed by atoms with E-state index in [9.17, 15) is 4.79 Å². The van der Waals surface area contributed by atoms with Gasteiger partial charge >= 0.3 is 0 Å². The molecule has 0 rings (SSSR count). The van der Waals surface area contributed by atoms with Crippen molar-refractivity contribution in [3.63, 3.8) is 0 Å². The van der Waals surface area contributed by atoms with E-state index >= 15 is 0 Å². The molecule has 0 aromatic carbocycles. The number of carbonyl (C=O) groups excluding carboxylic acids is 1. The minimum absolute atomic E-state index is 0.0725. The van der Waals surface area contributed by atoms with E-state index in [0.717, 1.165) is 25.8 Å². The van der Waals surface area contributed by atoms with Gasteiger partial charge in [0.25, 0.3) is 0 Å². The van der Waals surface area contributed by atoms with Gasteiger partial charge < -0.3 is 11.1 Å². The lowest BCUT2D eigenvalue weighted by molar-refractivity contribution is -0.122. The van der Waals surface area contributed by atoms with Crippen molar-refractivity contribution in [1.82, 2.24) is 5.32 Å². The molecular weight excluding hydrogens is 140 g/mol. The highest BCUT2D eigenvalue weighted by Crippen LogP contribution is 2.08. The molecule has 3 heteroatoms. The second kappa shape index (κ2) is 6.16. The second-order valence-electron chi connectivity index (χ2n) is 2.75. The molecular formula is C8H18N2O. The summed E-state index contributed by atoms with van der Waals surface area (Å²) >= 11 is 0. The summed E-state index contributed by atoms with van der Waals surface area (Å²) in [6.07, 6.45) is 2.80. The number of hydrogen-bond donors (Lipinski definition) is 2. The zero-order valence-corrected chi connectivity index (χ0v) is 7.39. The number of rotatable bonds is 6. The van der Waals surface area contributed by atoms with E-state index < -0.39 is 0 Å². The van der Waals surface area contributed by atoms with Crippen molar-refractivity contribution in [2.75, 3.05) is 13.6 Å². The van der Waals surface area contributed by atoms with Crippen molar-refractivity contribution in [1.29, 1.82) is 0 Å². The maximum absolute atomic E-state index is 10.7. The summed E-state index contributed by atoms with van der Waals surface area (Å²) in [7, 11) is 1.91. The van der Waals surface area contributed by atoms with Gasteiger partial charge in [-0.15, -0.1) is 0 Å². The lowest BCUT2D eigenvalue weighted by atomic mass is 10.00. The van der Waals surface area contributed by atoms with E-state index in [1.807, 2.05) is 14.0 Å². The zero-order valence-electron chi connectivity index (χ0n) is 7.39. The molecule has 0 aromatic rings. The molecule has 0 aliphatic carbocycles. The van der Waals surface area contributed by atoms with Crippen molar-refractivity contribution in [3.05, 3.63) is 0 Å². The van der Waals surface area contributed by atoms with Gasteiger partial charge in [-0.25, -0.2) is 0 Å². The minimum atomic E-state index is -0.163. The molecule has 1 unspecified atom stereocenters. The Balaban J connectivity index is 3.44. The third kappa shape index (κ3) is 4.79. The van der Waals surface area contributed by atoms with Crippen LogP contribution in [0.5, 0.6) is 0 Å². The molecule has 0 radical (unpaired) electrons. The Kier molecular flexibility index (Phi) is 5.84. The SMILES string of the molecule is CCC(CCCNC)C(N)=O. The highest BCUT2D eigenvalue weighted by molar-refractivity contribution is 5.76. The van der Waals surface area contributed by atoms with Crippen LogP contribution in [0.25, 0.3) is 0 Å². The molecule has 0 aliphatic rings. The van der Waals surface area contributed by atoms with E-state index in [2.05, 4.69) is 5.32 Å². The molecule has 0 fully saturated rings. The van der Waals surface area contributed by atoms with Gasteiger partial charge in [0.05, 0.1) is 0 Å². The Morgan fingerprint density at radius 3 is 2.64 bits per heavy atom. The normalized spacial score (nSPS) is 12.9. The quantitative estimate of drug-likeness (QED) is 0.553. The average Bonchev–Trinajstić information content (AvgIpc) is 1.97. The molecule has 0 saturated heterocycles. The summed E-state index contributed by atoms with van der Waals surface area (Å²) < 4.78 is 0. The van der Waals surface area contributed by atoms with E-state index in [-0.39, 0.29) is 11.8 Å². The number of carbonyl (C=O) groups is 1. The fraction of sp³-hybridized carbons (Fsp3) is 0.875. The molecule has 66 valence electrons. The molecule has 0 aromatic heterocycles. The van der Waals surface area contributed by atoms with Crippen LogP contribution in [0.2, 0.25) is 0 Å². The van der Waals surface area contributed by atoms with Gasteiger partial charge in [-0.3, -0.25) is 4.79 Å². The standard InChI is InChI=1S/C8H18N2O/c1-3-7(8(9)11)5-4-6-10-2/h7,10H,3-6H2,1-2H3,(H2,9,11). The Morgan fingerprint density at radius 1 is 1.64 bits per heavy atom. The van der Waals surface area contributed by atoms with Crippen molar-refractivity contribution in [3.8, 4) is 0 Å². The summed E-state index contributed by atoms with van der Waals surface area (Å²) in [6.45, 7) is 2.96. The summed E-state index contributed by atoms with van der Waals surface area (Å²) in [5, 5.41) is 3.03. The van der Waals surface area contributed by atoms with Crippen molar-refractivity contribution in [2.24, 2.45) is 11.7 Å². The first-order chi connectivity index (χ1) is 5.22. The topological polar surface area (TPSA) is 55.1 Å². The van der Waals surface area contributed by atoms with Gasteiger partial charge in [0, 0.05) is 5.92 Å². The lowest BCUT2D eigenvalue weighted by Gasteiger charge is -2.09. The van der Waals surface area contributed by atoms with Crippen LogP contribution in [0.3, 0.4) is 0 Å². The first-order valence-electron chi connectivity index (χ1n) is 4.16. The van der Waals surface area contributed by atoms with Crippen LogP contribution in [0.1, 0.15) is 26.2 Å². The summed E-state index contributed by atoms with van der Waals surface area (Å²) in [4.78, 5) is 10.7. The number of hydrogen-bond acceptors (Lipinski definition) is 2. The van der Waals surface area contributed by atoms with Crippen LogP contribution in [-0.4, -0.2) is 19.5 Å². The third-order valence-corrected chi connectivity index (χ3v) is 1.87. The molecule has 0 saturated carbocycles. The predicted molar refractivity (Wildman–Crippen MR) is 46.1 cm³/mol. The smallest absolute Gasteiger partial charge is 0.220 e. The molecule has 1 amide bonds. The van der Waals surface area contributed by atoms with Crippen LogP contribution in [-0.2, 0) is 4.79 Å². The van der Waals surface area contributed by atoms with E-state index in [0.29, 0.717) is 0 Å². The van der Waals surface area contributed by atoms with Gasteiger partial charge in [0.15, 0.2) is 0 Å². The monoisotopic (exact) mass is 158 g/mol. The average molecular weight is 158 g/mol. The van der Waals surface area contributed by atoms with Crippen molar-refractivity contribution < 1.29 is 4.79 Å². The molecule has 1 atom stereocenters. The first kappa shape index (κ1) is 10.4. The van der Waals surface area contributed by atoms with Gasteiger partial charge in [-0.1, -0.05) is 6.92 Å². The van der Waals surface area contributed by atoms with E-state index in [4.69, 9.17) is 5.73 Å². The Bertz CT molecular complexity index is 115. The second-order valence-corrected chi connectivity index (χ2v) is 2.75. The molecule has 11 heavy (non-hydrogen) atoms. The number of amides is 1. The van der Waals surface area contributed by atoms with Crippen LogP contribution in [0, 0.1) is 5.92 Å². The van der Waals surface area contributed by atoms with Crippen molar-refractivity contribution in [2.45, 2.75) is 26.2 Å². The van der Waals surface area contributed by atoms with E-state index in [1.165, 1.54) is 0 Å². The molecule has 0 heterocycles. The maximum atomic E-state index is 10.7.